The molecule has 1 amide bonds. The van der Waals surface area contributed by atoms with Gasteiger partial charge in [0.05, 0.1) is 18.8 Å². The monoisotopic (exact) mass is 610 g/mol. The number of nitrogens with one attached hydrogen (secondary N) is 1. The second kappa shape index (κ2) is 35.1. The standard InChI is InChI=1S/C40H67NO3/c1-3-5-7-8-9-10-11-12-13-14-15-16-17-18-19-20-21-22-23-24-25-26-27-28-29-30-31-32-34-36-40(44)41-38(37-42)39(43)35-33-6-4-2/h5,7,9-10,12-13,15-16,18-19,21-22,33,35,38-39,42-43H,3-4,6,8,11,14,17,20,23-32,34,36-37H2,1-2H3,(H,41,44)/b7-5-,10-9-,13-12-,16-15-,19-18-,22-21-,35-33+. The number of unbranched alkanes of at least 4 members (excludes halogenated alkanes) is 11. The smallest absolute Gasteiger partial charge is 0.220 e. The van der Waals surface area contributed by atoms with E-state index in [9.17, 15) is 15.0 Å². The van der Waals surface area contributed by atoms with E-state index in [4.69, 9.17) is 0 Å². The largest absolute Gasteiger partial charge is 0.394 e. The molecule has 0 saturated heterocycles. The Morgan fingerprint density at radius 2 is 1.00 bits per heavy atom. The van der Waals surface area contributed by atoms with Gasteiger partial charge >= 0.3 is 0 Å². The lowest BCUT2D eigenvalue weighted by atomic mass is 10.0. The van der Waals surface area contributed by atoms with Crippen molar-refractivity contribution in [3.05, 3.63) is 85.1 Å². The van der Waals surface area contributed by atoms with Crippen LogP contribution in [0.5, 0.6) is 0 Å². The number of carbonyl (C=O) groups is 1. The van der Waals surface area contributed by atoms with E-state index in [-0.39, 0.29) is 12.5 Å². The first kappa shape index (κ1) is 41.6. The Morgan fingerprint density at radius 3 is 1.45 bits per heavy atom. The second-order valence-electron chi connectivity index (χ2n) is 11.6. The van der Waals surface area contributed by atoms with Crippen molar-refractivity contribution in [3.63, 3.8) is 0 Å². The highest BCUT2D eigenvalue weighted by Gasteiger charge is 2.17. The summed E-state index contributed by atoms with van der Waals surface area (Å²) in [4.78, 5) is 12.1. The summed E-state index contributed by atoms with van der Waals surface area (Å²) in [5, 5.41) is 22.3. The third-order valence-corrected chi connectivity index (χ3v) is 7.37. The summed E-state index contributed by atoms with van der Waals surface area (Å²) in [7, 11) is 0. The molecule has 44 heavy (non-hydrogen) atoms. The predicted octanol–water partition coefficient (Wildman–Crippen LogP) is 10.6. The normalized spacial score (nSPS) is 14.2. The minimum atomic E-state index is -0.841. The first-order chi connectivity index (χ1) is 21.7. The zero-order valence-electron chi connectivity index (χ0n) is 28.4. The Hall–Kier alpha value is -2.43. The predicted molar refractivity (Wildman–Crippen MR) is 193 cm³/mol. The van der Waals surface area contributed by atoms with Gasteiger partial charge in [-0.3, -0.25) is 4.79 Å². The lowest BCUT2D eigenvalue weighted by Crippen LogP contribution is -2.45. The van der Waals surface area contributed by atoms with Crippen LogP contribution in [0.1, 0.15) is 142 Å². The van der Waals surface area contributed by atoms with Gasteiger partial charge in [0.25, 0.3) is 0 Å². The molecule has 0 fully saturated rings. The molecule has 0 aromatic rings. The first-order valence-corrected chi connectivity index (χ1v) is 17.8. The molecule has 0 aliphatic rings. The molecule has 0 rings (SSSR count). The van der Waals surface area contributed by atoms with Crippen LogP contribution in [0.25, 0.3) is 0 Å². The molecule has 0 aliphatic heterocycles. The summed E-state index contributed by atoms with van der Waals surface area (Å²) in [6, 6.07) is -0.624. The molecule has 0 aromatic carbocycles. The van der Waals surface area contributed by atoms with E-state index in [0.717, 1.165) is 64.2 Å². The molecular formula is C40H67NO3. The van der Waals surface area contributed by atoms with E-state index >= 15 is 0 Å². The third kappa shape index (κ3) is 31.0. The maximum absolute atomic E-state index is 12.1. The van der Waals surface area contributed by atoms with Crippen LogP contribution in [0, 0.1) is 0 Å². The van der Waals surface area contributed by atoms with Crippen LogP contribution in [-0.4, -0.2) is 34.9 Å². The maximum Gasteiger partial charge on any atom is 0.220 e. The summed E-state index contributed by atoms with van der Waals surface area (Å²) >= 11 is 0. The van der Waals surface area contributed by atoms with Crippen molar-refractivity contribution in [2.24, 2.45) is 0 Å². The molecule has 0 bridgehead atoms. The molecule has 0 spiro atoms. The van der Waals surface area contributed by atoms with Crippen LogP contribution in [0.4, 0.5) is 0 Å². The van der Waals surface area contributed by atoms with Crippen molar-refractivity contribution in [1.82, 2.24) is 5.32 Å². The zero-order valence-corrected chi connectivity index (χ0v) is 28.4. The fourth-order valence-electron chi connectivity index (χ4n) is 4.66. The number of amides is 1. The van der Waals surface area contributed by atoms with E-state index in [2.05, 4.69) is 92.1 Å². The van der Waals surface area contributed by atoms with Gasteiger partial charge in [-0.15, -0.1) is 0 Å². The molecule has 2 atom stereocenters. The summed E-state index contributed by atoms with van der Waals surface area (Å²) in [6.45, 7) is 3.97. The van der Waals surface area contributed by atoms with Gasteiger partial charge in [0.15, 0.2) is 0 Å². The van der Waals surface area contributed by atoms with Gasteiger partial charge in [-0.25, -0.2) is 0 Å². The fourth-order valence-corrected chi connectivity index (χ4v) is 4.66. The molecule has 0 radical (unpaired) electrons. The maximum atomic E-state index is 12.1. The average molecular weight is 610 g/mol. The highest BCUT2D eigenvalue weighted by Crippen LogP contribution is 2.12. The highest BCUT2D eigenvalue weighted by molar-refractivity contribution is 5.76. The number of carbonyl (C=O) groups excluding carboxylic acids is 1. The molecule has 2 unspecified atom stereocenters. The van der Waals surface area contributed by atoms with Crippen molar-refractivity contribution in [2.75, 3.05) is 6.61 Å². The first-order valence-electron chi connectivity index (χ1n) is 17.8. The van der Waals surface area contributed by atoms with Gasteiger partial charge in [0, 0.05) is 6.42 Å². The number of aliphatic hydroxyl groups excluding tert-OH is 2. The van der Waals surface area contributed by atoms with Crippen LogP contribution in [0.2, 0.25) is 0 Å². The van der Waals surface area contributed by atoms with Gasteiger partial charge in [-0.05, 0) is 64.2 Å². The highest BCUT2D eigenvalue weighted by atomic mass is 16.3. The van der Waals surface area contributed by atoms with Crippen LogP contribution in [-0.2, 0) is 4.79 Å². The number of rotatable bonds is 30. The topological polar surface area (TPSA) is 69.6 Å². The Bertz CT molecular complexity index is 834. The lowest BCUT2D eigenvalue weighted by Gasteiger charge is -2.19. The minimum absolute atomic E-state index is 0.0870. The summed E-state index contributed by atoms with van der Waals surface area (Å²) in [6.07, 6.45) is 51.6. The molecule has 3 N–H and O–H groups in total. The second-order valence-corrected chi connectivity index (χ2v) is 11.6. The Labute approximate surface area is 271 Å². The van der Waals surface area contributed by atoms with E-state index < -0.39 is 12.1 Å². The SMILES string of the molecule is CC/C=C\C/C=C\C/C=C\C/C=C\C/C=C\C/C=C\CCCCCCCCCCCCC(=O)NC(CO)C(O)/C=C/CCC. The lowest BCUT2D eigenvalue weighted by molar-refractivity contribution is -0.123. The van der Waals surface area contributed by atoms with Gasteiger partial charge in [0.2, 0.25) is 5.91 Å². The number of allylic oxidation sites excluding steroid dienone is 13. The van der Waals surface area contributed by atoms with Crippen molar-refractivity contribution < 1.29 is 15.0 Å². The van der Waals surface area contributed by atoms with Gasteiger partial charge in [-0.1, -0.05) is 157 Å². The Kier molecular flexibility index (Phi) is 33.1. The number of hydrogen-bond donors (Lipinski definition) is 3. The summed E-state index contributed by atoms with van der Waals surface area (Å²) in [5.74, 6) is -0.0870. The van der Waals surface area contributed by atoms with Gasteiger partial charge in [-0.2, -0.15) is 0 Å². The van der Waals surface area contributed by atoms with Crippen LogP contribution in [0.15, 0.2) is 85.1 Å². The molecule has 0 aromatic heterocycles. The van der Waals surface area contributed by atoms with Gasteiger partial charge < -0.3 is 15.5 Å². The van der Waals surface area contributed by atoms with E-state index in [1.807, 2.05) is 6.08 Å². The fraction of sp³-hybridized carbons (Fsp3) is 0.625. The van der Waals surface area contributed by atoms with E-state index in [1.54, 1.807) is 6.08 Å². The third-order valence-electron chi connectivity index (χ3n) is 7.37. The van der Waals surface area contributed by atoms with Crippen molar-refractivity contribution >= 4 is 5.91 Å². The summed E-state index contributed by atoms with van der Waals surface area (Å²) < 4.78 is 0. The Balaban J connectivity index is 3.52. The van der Waals surface area contributed by atoms with Crippen LogP contribution >= 0.6 is 0 Å². The summed E-state index contributed by atoms with van der Waals surface area (Å²) in [5.41, 5.74) is 0. The quantitative estimate of drug-likeness (QED) is 0.0560. The van der Waals surface area contributed by atoms with Crippen LogP contribution in [0.3, 0.4) is 0 Å². The molecular weight excluding hydrogens is 542 g/mol. The minimum Gasteiger partial charge on any atom is -0.394 e. The van der Waals surface area contributed by atoms with Gasteiger partial charge in [0.1, 0.15) is 0 Å². The molecule has 4 heteroatoms. The zero-order chi connectivity index (χ0) is 32.2. The van der Waals surface area contributed by atoms with Crippen molar-refractivity contribution in [1.29, 1.82) is 0 Å². The number of hydrogen-bond acceptors (Lipinski definition) is 3. The molecule has 0 heterocycles. The van der Waals surface area contributed by atoms with Crippen LogP contribution < -0.4 is 5.32 Å². The molecule has 0 aliphatic carbocycles. The van der Waals surface area contributed by atoms with Crippen molar-refractivity contribution in [2.45, 2.75) is 154 Å². The van der Waals surface area contributed by atoms with E-state index in [0.29, 0.717) is 6.42 Å². The Morgan fingerprint density at radius 1 is 0.568 bits per heavy atom. The molecule has 0 saturated carbocycles. The van der Waals surface area contributed by atoms with Crippen molar-refractivity contribution in [3.8, 4) is 0 Å². The number of aliphatic hydroxyl groups is 2. The van der Waals surface area contributed by atoms with E-state index in [1.165, 1.54) is 57.8 Å². The molecule has 250 valence electrons. The average Bonchev–Trinajstić information content (AvgIpc) is 3.02. The molecule has 4 nitrogen and oxygen atoms in total.